The first kappa shape index (κ1) is 11.4. The van der Waals surface area contributed by atoms with Gasteiger partial charge in [0.15, 0.2) is 0 Å². The summed E-state index contributed by atoms with van der Waals surface area (Å²) in [5.41, 5.74) is 3.25. The molecule has 1 aromatic carbocycles. The Morgan fingerprint density at radius 2 is 1.88 bits per heavy atom. The second-order valence-corrected chi connectivity index (χ2v) is 4.88. The van der Waals surface area contributed by atoms with E-state index >= 15 is 0 Å². The molecule has 0 amide bonds. The highest BCUT2D eigenvalue weighted by atomic mass is 127. The Morgan fingerprint density at radius 3 is 2.56 bits per heavy atom. The van der Waals surface area contributed by atoms with Gasteiger partial charge in [0.25, 0.3) is 0 Å². The van der Waals surface area contributed by atoms with Gasteiger partial charge in [0.1, 0.15) is 0 Å². The van der Waals surface area contributed by atoms with Crippen molar-refractivity contribution in [3.63, 3.8) is 0 Å². The lowest BCUT2D eigenvalue weighted by molar-refractivity contribution is 1.02. The number of nitrogens with one attached hydrogen (secondary N) is 1. The molecule has 82 valence electrons. The molecule has 0 spiro atoms. The van der Waals surface area contributed by atoms with Crippen LogP contribution in [0.25, 0.3) is 0 Å². The molecular weight excluding hydrogens is 311 g/mol. The number of benzene rings is 1. The van der Waals surface area contributed by atoms with Crippen molar-refractivity contribution in [2.75, 3.05) is 5.32 Å². The Labute approximate surface area is 109 Å². The molecule has 0 saturated heterocycles. The number of halogens is 1. The van der Waals surface area contributed by atoms with E-state index in [0.29, 0.717) is 0 Å². The van der Waals surface area contributed by atoms with E-state index in [1.165, 1.54) is 3.57 Å². The molecule has 0 aliphatic heterocycles. The summed E-state index contributed by atoms with van der Waals surface area (Å²) in [4.78, 5) is 4.44. The fourth-order valence-corrected chi connectivity index (χ4v) is 1.82. The van der Waals surface area contributed by atoms with Crippen molar-refractivity contribution in [2.45, 2.75) is 13.5 Å². The number of pyridine rings is 1. The normalized spacial score (nSPS) is 10.1. The van der Waals surface area contributed by atoms with E-state index in [1.807, 2.05) is 25.1 Å². The molecule has 1 aromatic heterocycles. The predicted molar refractivity (Wildman–Crippen MR) is 75.5 cm³/mol. The van der Waals surface area contributed by atoms with E-state index in [1.54, 1.807) is 0 Å². The highest BCUT2D eigenvalue weighted by Gasteiger charge is 1.95. The van der Waals surface area contributed by atoms with Crippen LogP contribution in [0.2, 0.25) is 0 Å². The minimum Gasteiger partial charge on any atom is -0.379 e. The Hall–Kier alpha value is -1.10. The number of nitrogens with zero attached hydrogens (tertiary/aromatic N) is 1. The van der Waals surface area contributed by atoms with Crippen molar-refractivity contribution in [3.05, 3.63) is 57.4 Å². The summed E-state index contributed by atoms with van der Waals surface area (Å²) in [6.45, 7) is 2.77. The third-order valence-electron chi connectivity index (χ3n) is 2.26. The Morgan fingerprint density at radius 1 is 1.12 bits per heavy atom. The molecule has 0 aliphatic carbocycles. The van der Waals surface area contributed by atoms with Crippen molar-refractivity contribution < 1.29 is 0 Å². The quantitative estimate of drug-likeness (QED) is 0.873. The average Bonchev–Trinajstić information content (AvgIpc) is 2.28. The van der Waals surface area contributed by atoms with E-state index in [0.717, 1.165) is 23.6 Å². The first-order valence-corrected chi connectivity index (χ1v) is 6.24. The maximum absolute atomic E-state index is 4.44. The summed E-state index contributed by atoms with van der Waals surface area (Å²) in [7, 11) is 0. The van der Waals surface area contributed by atoms with Gasteiger partial charge in [-0.05, 0) is 65.9 Å². The zero-order valence-electron chi connectivity index (χ0n) is 9.07. The number of hydrogen-bond acceptors (Lipinski definition) is 2. The van der Waals surface area contributed by atoms with Crippen molar-refractivity contribution in [1.29, 1.82) is 0 Å². The molecule has 2 nitrogen and oxygen atoms in total. The van der Waals surface area contributed by atoms with Gasteiger partial charge in [-0.1, -0.05) is 6.07 Å². The van der Waals surface area contributed by atoms with Gasteiger partial charge < -0.3 is 5.32 Å². The lowest BCUT2D eigenvalue weighted by Crippen LogP contribution is -2.01. The first-order chi connectivity index (χ1) is 7.74. The van der Waals surface area contributed by atoms with Crippen LogP contribution >= 0.6 is 22.6 Å². The topological polar surface area (TPSA) is 24.9 Å². The molecule has 1 heterocycles. The van der Waals surface area contributed by atoms with Gasteiger partial charge in [0, 0.05) is 15.0 Å². The molecule has 0 atom stereocenters. The van der Waals surface area contributed by atoms with Crippen LogP contribution in [0.15, 0.2) is 42.5 Å². The summed E-state index contributed by atoms with van der Waals surface area (Å²) in [5.74, 6) is 0. The molecule has 1 N–H and O–H groups in total. The standard InChI is InChI=1S/C13H13IN2/c1-10-3-2-4-13(16-10)9-15-12-7-5-11(14)6-8-12/h2-8,15H,9H2,1H3. The second-order valence-electron chi connectivity index (χ2n) is 3.63. The molecule has 16 heavy (non-hydrogen) atoms. The third-order valence-corrected chi connectivity index (χ3v) is 2.98. The lowest BCUT2D eigenvalue weighted by atomic mass is 10.3. The van der Waals surface area contributed by atoms with Crippen LogP contribution in [0.4, 0.5) is 5.69 Å². The van der Waals surface area contributed by atoms with Crippen molar-refractivity contribution in [1.82, 2.24) is 4.98 Å². The molecule has 0 saturated carbocycles. The summed E-state index contributed by atoms with van der Waals surface area (Å²) in [5, 5.41) is 3.35. The van der Waals surface area contributed by atoms with Gasteiger partial charge in [0.2, 0.25) is 0 Å². The van der Waals surface area contributed by atoms with Gasteiger partial charge in [-0.3, -0.25) is 4.98 Å². The zero-order chi connectivity index (χ0) is 11.4. The van der Waals surface area contributed by atoms with Gasteiger partial charge in [-0.25, -0.2) is 0 Å². The maximum atomic E-state index is 4.44. The summed E-state index contributed by atoms with van der Waals surface area (Å²) in [6, 6.07) is 14.4. The van der Waals surface area contributed by atoms with Crippen LogP contribution in [-0.2, 0) is 6.54 Å². The highest BCUT2D eigenvalue weighted by molar-refractivity contribution is 14.1. The van der Waals surface area contributed by atoms with Gasteiger partial charge in [-0.2, -0.15) is 0 Å². The summed E-state index contributed by atoms with van der Waals surface area (Å²) in [6.07, 6.45) is 0. The molecule has 2 rings (SSSR count). The number of anilines is 1. The van der Waals surface area contributed by atoms with E-state index in [9.17, 15) is 0 Å². The minimum absolute atomic E-state index is 0.766. The van der Waals surface area contributed by atoms with E-state index < -0.39 is 0 Å². The second kappa shape index (κ2) is 5.30. The molecule has 0 radical (unpaired) electrons. The monoisotopic (exact) mass is 324 g/mol. The molecule has 0 fully saturated rings. The lowest BCUT2D eigenvalue weighted by Gasteiger charge is -2.06. The molecule has 0 unspecified atom stereocenters. The van der Waals surface area contributed by atoms with Gasteiger partial charge in [-0.15, -0.1) is 0 Å². The first-order valence-electron chi connectivity index (χ1n) is 5.16. The van der Waals surface area contributed by atoms with Crippen molar-refractivity contribution in [3.8, 4) is 0 Å². The fraction of sp³-hybridized carbons (Fsp3) is 0.154. The Bertz CT molecular complexity index is 466. The van der Waals surface area contributed by atoms with Crippen LogP contribution < -0.4 is 5.32 Å². The van der Waals surface area contributed by atoms with Crippen LogP contribution in [-0.4, -0.2) is 4.98 Å². The summed E-state index contributed by atoms with van der Waals surface area (Å²) < 4.78 is 1.25. The van der Waals surface area contributed by atoms with Crippen LogP contribution in [0.5, 0.6) is 0 Å². The van der Waals surface area contributed by atoms with Crippen LogP contribution in [0, 0.1) is 10.5 Å². The highest BCUT2D eigenvalue weighted by Crippen LogP contribution is 2.12. The van der Waals surface area contributed by atoms with E-state index in [2.05, 4.69) is 57.2 Å². The van der Waals surface area contributed by atoms with Crippen LogP contribution in [0.3, 0.4) is 0 Å². The van der Waals surface area contributed by atoms with Crippen molar-refractivity contribution in [2.24, 2.45) is 0 Å². The smallest absolute Gasteiger partial charge is 0.0597 e. The van der Waals surface area contributed by atoms with E-state index in [4.69, 9.17) is 0 Å². The largest absolute Gasteiger partial charge is 0.379 e. The fourth-order valence-electron chi connectivity index (χ4n) is 1.46. The molecule has 3 heteroatoms. The van der Waals surface area contributed by atoms with E-state index in [-0.39, 0.29) is 0 Å². The number of aromatic nitrogens is 1. The van der Waals surface area contributed by atoms with Crippen molar-refractivity contribution >= 4 is 28.3 Å². The number of aryl methyl sites for hydroxylation is 1. The van der Waals surface area contributed by atoms with Gasteiger partial charge in [0.05, 0.1) is 12.2 Å². The Kier molecular flexibility index (Phi) is 3.77. The number of hydrogen-bond donors (Lipinski definition) is 1. The zero-order valence-corrected chi connectivity index (χ0v) is 11.2. The average molecular weight is 324 g/mol. The minimum atomic E-state index is 0.766. The molecule has 0 bridgehead atoms. The Balaban J connectivity index is 1.99. The predicted octanol–water partition coefficient (Wildman–Crippen LogP) is 3.61. The number of rotatable bonds is 3. The molecule has 0 aliphatic rings. The molecule has 2 aromatic rings. The summed E-state index contributed by atoms with van der Waals surface area (Å²) >= 11 is 2.30. The maximum Gasteiger partial charge on any atom is 0.0597 e. The third kappa shape index (κ3) is 3.20. The van der Waals surface area contributed by atoms with Crippen LogP contribution in [0.1, 0.15) is 11.4 Å². The SMILES string of the molecule is Cc1cccc(CNc2ccc(I)cc2)n1. The van der Waals surface area contributed by atoms with Gasteiger partial charge >= 0.3 is 0 Å². The molecular formula is C13H13IN2.